The minimum absolute atomic E-state index is 0.0488. The standard InChI is InChI=1S/C11H16N4OS2/c1-6-2-7(4-14-10(12)17)9(16)8(3-6)5-15-11(13)18/h2-3,16H,4-5H2,1H3,(H3,12,14,17)(H3,13,15,18). The smallest absolute Gasteiger partial charge is 0.150 e. The second kappa shape index (κ2) is 6.55. The Balaban J connectivity index is 2.90. The van der Waals surface area contributed by atoms with Crippen LogP contribution in [-0.4, -0.2) is 15.4 Å². The zero-order valence-corrected chi connectivity index (χ0v) is 11.7. The van der Waals surface area contributed by atoms with Crippen LogP contribution in [0.2, 0.25) is 0 Å². The number of thiol groups is 2. The molecule has 0 aliphatic carbocycles. The van der Waals surface area contributed by atoms with E-state index in [9.17, 15) is 5.11 Å². The number of nitrogens with one attached hydrogen (secondary N) is 4. The first-order valence-corrected chi connectivity index (χ1v) is 6.13. The third-order valence-corrected chi connectivity index (χ3v) is 2.62. The maximum atomic E-state index is 10.1. The first-order chi connectivity index (χ1) is 8.40. The molecular weight excluding hydrogens is 268 g/mol. The third kappa shape index (κ3) is 4.50. The van der Waals surface area contributed by atoms with E-state index in [-0.39, 0.29) is 16.1 Å². The van der Waals surface area contributed by atoms with E-state index >= 15 is 0 Å². The number of aromatic hydroxyl groups is 1. The van der Waals surface area contributed by atoms with Gasteiger partial charge in [0.1, 0.15) is 5.75 Å². The quantitative estimate of drug-likeness (QED) is 0.260. The lowest BCUT2D eigenvalue weighted by Crippen LogP contribution is -2.19. The van der Waals surface area contributed by atoms with Gasteiger partial charge in [-0.1, -0.05) is 17.7 Å². The summed E-state index contributed by atoms with van der Waals surface area (Å²) in [5.41, 5.74) is 2.38. The van der Waals surface area contributed by atoms with Gasteiger partial charge in [0.25, 0.3) is 0 Å². The number of phenolic OH excluding ortho intramolecular Hbond substituents is 1. The molecule has 0 bridgehead atoms. The molecule has 1 rings (SSSR count). The van der Waals surface area contributed by atoms with E-state index < -0.39 is 0 Å². The fourth-order valence-electron chi connectivity index (χ4n) is 1.56. The largest absolute Gasteiger partial charge is 0.507 e. The highest BCUT2D eigenvalue weighted by molar-refractivity contribution is 7.96. The molecule has 98 valence electrons. The summed E-state index contributed by atoms with van der Waals surface area (Å²) in [7, 11) is 0. The van der Waals surface area contributed by atoms with Crippen molar-refractivity contribution in [2.45, 2.75) is 20.0 Å². The molecule has 0 atom stereocenters. The summed E-state index contributed by atoms with van der Waals surface area (Å²) >= 11 is 7.65. The molecule has 0 radical (unpaired) electrons. The van der Waals surface area contributed by atoms with Gasteiger partial charge in [0.2, 0.25) is 0 Å². The molecule has 0 fully saturated rings. The lowest BCUT2D eigenvalue weighted by molar-refractivity contribution is 0.459. The molecule has 1 aromatic carbocycles. The first kappa shape index (κ1) is 14.7. The molecule has 0 aliphatic rings. The van der Waals surface area contributed by atoms with Gasteiger partial charge in [0, 0.05) is 24.2 Å². The Bertz CT molecular complexity index is 437. The monoisotopic (exact) mass is 284 g/mol. The Morgan fingerprint density at radius 3 is 1.83 bits per heavy atom. The molecule has 0 unspecified atom stereocenters. The van der Waals surface area contributed by atoms with Crippen LogP contribution >= 0.6 is 25.3 Å². The van der Waals surface area contributed by atoms with E-state index in [0.717, 1.165) is 5.56 Å². The molecule has 7 heteroatoms. The van der Waals surface area contributed by atoms with Gasteiger partial charge >= 0.3 is 0 Å². The van der Waals surface area contributed by atoms with Gasteiger partial charge < -0.3 is 15.7 Å². The lowest BCUT2D eigenvalue weighted by Gasteiger charge is -2.13. The first-order valence-electron chi connectivity index (χ1n) is 5.24. The van der Waals surface area contributed by atoms with Gasteiger partial charge in [-0.15, -0.1) is 25.3 Å². The lowest BCUT2D eigenvalue weighted by atomic mass is 10.0. The van der Waals surface area contributed by atoms with E-state index in [1.807, 2.05) is 19.1 Å². The number of amidine groups is 2. The predicted octanol–water partition coefficient (Wildman–Crippen LogP) is 1.61. The van der Waals surface area contributed by atoms with Crippen molar-refractivity contribution in [3.05, 3.63) is 28.8 Å². The molecule has 0 aliphatic heterocycles. The van der Waals surface area contributed by atoms with Gasteiger partial charge in [-0.25, -0.2) is 0 Å². The minimum Gasteiger partial charge on any atom is -0.507 e. The van der Waals surface area contributed by atoms with Crippen molar-refractivity contribution in [3.63, 3.8) is 0 Å². The highest BCUT2D eigenvalue weighted by atomic mass is 32.1. The van der Waals surface area contributed by atoms with E-state index in [0.29, 0.717) is 24.2 Å². The van der Waals surface area contributed by atoms with Crippen LogP contribution in [0.4, 0.5) is 0 Å². The molecule has 0 aromatic heterocycles. The molecule has 5 nitrogen and oxygen atoms in total. The average Bonchev–Trinajstić information content (AvgIpc) is 2.27. The maximum Gasteiger partial charge on any atom is 0.150 e. The van der Waals surface area contributed by atoms with Crippen molar-refractivity contribution in [2.75, 3.05) is 0 Å². The Labute approximate surface area is 117 Å². The average molecular weight is 284 g/mol. The van der Waals surface area contributed by atoms with Crippen molar-refractivity contribution >= 4 is 35.6 Å². The number of benzene rings is 1. The van der Waals surface area contributed by atoms with Crippen LogP contribution in [0, 0.1) is 17.7 Å². The van der Waals surface area contributed by atoms with Crippen LogP contribution in [0.25, 0.3) is 0 Å². The highest BCUT2D eigenvalue weighted by Crippen LogP contribution is 2.24. The van der Waals surface area contributed by atoms with Crippen LogP contribution in [-0.2, 0) is 13.1 Å². The fraction of sp³-hybridized carbons (Fsp3) is 0.273. The van der Waals surface area contributed by atoms with Crippen LogP contribution in [0.3, 0.4) is 0 Å². The summed E-state index contributed by atoms with van der Waals surface area (Å²) < 4.78 is 0. The Morgan fingerprint density at radius 2 is 1.50 bits per heavy atom. The van der Waals surface area contributed by atoms with Gasteiger partial charge in [-0.05, 0) is 6.92 Å². The molecule has 0 spiro atoms. The van der Waals surface area contributed by atoms with E-state index in [4.69, 9.17) is 10.8 Å². The Kier molecular flexibility index (Phi) is 5.36. The van der Waals surface area contributed by atoms with E-state index in [1.165, 1.54) is 0 Å². The van der Waals surface area contributed by atoms with Crippen LogP contribution < -0.4 is 10.6 Å². The molecular formula is C11H16N4OS2. The fourth-order valence-corrected chi connectivity index (χ4v) is 1.72. The molecule has 0 amide bonds. The summed E-state index contributed by atoms with van der Waals surface area (Å²) in [6.45, 7) is 2.59. The summed E-state index contributed by atoms with van der Waals surface area (Å²) in [4.78, 5) is 0. The van der Waals surface area contributed by atoms with Gasteiger partial charge in [0.05, 0.1) is 0 Å². The van der Waals surface area contributed by atoms with Crippen molar-refractivity contribution < 1.29 is 5.11 Å². The molecule has 18 heavy (non-hydrogen) atoms. The second-order valence-electron chi connectivity index (χ2n) is 3.84. The van der Waals surface area contributed by atoms with E-state index in [1.54, 1.807) is 0 Å². The third-order valence-electron chi connectivity index (χ3n) is 2.30. The topological polar surface area (TPSA) is 92.0 Å². The number of aryl methyl sites for hydroxylation is 1. The summed E-state index contributed by atoms with van der Waals surface area (Å²) in [6.07, 6.45) is 0. The second-order valence-corrected chi connectivity index (χ2v) is 4.73. The minimum atomic E-state index is 0.0488. The number of hydrogen-bond donors (Lipinski definition) is 7. The number of phenols is 1. The summed E-state index contributed by atoms with van der Waals surface area (Å²) in [6, 6.07) is 3.68. The van der Waals surface area contributed by atoms with Crippen molar-refractivity contribution in [2.24, 2.45) is 0 Å². The Hall–Kier alpha value is -1.34. The van der Waals surface area contributed by atoms with Crippen molar-refractivity contribution in [1.82, 2.24) is 10.6 Å². The molecule has 5 N–H and O–H groups in total. The van der Waals surface area contributed by atoms with Gasteiger partial charge in [-0.2, -0.15) is 0 Å². The SMILES string of the molecule is Cc1cc(CNC(=N)S)c(O)c(CNC(=N)S)c1. The van der Waals surface area contributed by atoms with Crippen molar-refractivity contribution in [3.8, 4) is 5.75 Å². The van der Waals surface area contributed by atoms with Crippen LogP contribution in [0.1, 0.15) is 16.7 Å². The molecule has 0 saturated carbocycles. The molecule has 0 heterocycles. The maximum absolute atomic E-state index is 10.1. The van der Waals surface area contributed by atoms with Gasteiger partial charge in [0.15, 0.2) is 10.3 Å². The summed E-state index contributed by atoms with van der Waals surface area (Å²) in [5, 5.41) is 30.0. The zero-order chi connectivity index (χ0) is 13.7. The summed E-state index contributed by atoms with van der Waals surface area (Å²) in [5.74, 6) is 0.157. The number of rotatable bonds is 4. The molecule has 1 aromatic rings. The van der Waals surface area contributed by atoms with Crippen LogP contribution in [0.15, 0.2) is 12.1 Å². The Morgan fingerprint density at radius 1 is 1.11 bits per heavy atom. The highest BCUT2D eigenvalue weighted by Gasteiger charge is 2.09. The van der Waals surface area contributed by atoms with Crippen LogP contribution in [0.5, 0.6) is 5.75 Å². The zero-order valence-electron chi connectivity index (χ0n) is 9.91. The van der Waals surface area contributed by atoms with Gasteiger partial charge in [-0.3, -0.25) is 10.8 Å². The number of hydrogen-bond acceptors (Lipinski definition) is 3. The molecule has 0 saturated heterocycles. The van der Waals surface area contributed by atoms with E-state index in [2.05, 4.69) is 35.9 Å². The van der Waals surface area contributed by atoms with Crippen molar-refractivity contribution in [1.29, 1.82) is 10.8 Å². The normalized spacial score (nSPS) is 9.94. The predicted molar refractivity (Wildman–Crippen MR) is 79.9 cm³/mol.